The molecule has 0 saturated heterocycles. The third-order valence-corrected chi connectivity index (χ3v) is 12.3. The summed E-state index contributed by atoms with van der Waals surface area (Å²) in [6.45, 7) is 6.45. The fourth-order valence-electron chi connectivity index (χ4n) is 8.17. The average Bonchev–Trinajstić information content (AvgIpc) is 3.24. The van der Waals surface area contributed by atoms with Crippen molar-refractivity contribution in [2.75, 3.05) is 6.61 Å². The standard InChI is InChI=1S/C54H103NO5/c1-4-7-10-13-16-19-21-23-24-25-26-27-28-30-32-35-38-41-44-47-54(59)60-50(45-42-39-36-33-18-15-12-9-6-3)48-53(58)55-51(49-56)52(57)46-43-40-37-34-31-29-22-20-17-14-11-8-5-2/h15,18,23-24,50-52,56-57H,4-14,16-17,19-22,25-49H2,1-3H3,(H,55,58)/b18-15-,24-23+. The maximum Gasteiger partial charge on any atom is 0.306 e. The van der Waals surface area contributed by atoms with E-state index in [1.165, 1.54) is 173 Å². The Morgan fingerprint density at radius 1 is 0.467 bits per heavy atom. The van der Waals surface area contributed by atoms with Crippen molar-refractivity contribution < 1.29 is 24.5 Å². The maximum absolute atomic E-state index is 13.2. The molecule has 3 N–H and O–H groups in total. The highest BCUT2D eigenvalue weighted by atomic mass is 16.5. The number of aliphatic hydroxyl groups excluding tert-OH is 2. The van der Waals surface area contributed by atoms with Crippen LogP contribution in [0.5, 0.6) is 0 Å². The monoisotopic (exact) mass is 846 g/mol. The van der Waals surface area contributed by atoms with Gasteiger partial charge in [0.25, 0.3) is 0 Å². The normalized spacial score (nSPS) is 13.3. The molecule has 0 aromatic heterocycles. The van der Waals surface area contributed by atoms with Gasteiger partial charge in [0.15, 0.2) is 0 Å². The second-order valence-corrected chi connectivity index (χ2v) is 18.3. The number of hydrogen-bond acceptors (Lipinski definition) is 5. The number of carbonyl (C=O) groups is 2. The van der Waals surface area contributed by atoms with Gasteiger partial charge in [0.2, 0.25) is 5.91 Å². The molecule has 354 valence electrons. The Hall–Kier alpha value is -1.66. The lowest BCUT2D eigenvalue weighted by molar-refractivity contribution is -0.151. The van der Waals surface area contributed by atoms with Gasteiger partial charge in [-0.25, -0.2) is 0 Å². The summed E-state index contributed by atoms with van der Waals surface area (Å²) in [6, 6.07) is -0.702. The van der Waals surface area contributed by atoms with Crippen molar-refractivity contribution in [3.05, 3.63) is 24.3 Å². The van der Waals surface area contributed by atoms with Crippen LogP contribution in [0.15, 0.2) is 24.3 Å². The van der Waals surface area contributed by atoms with Crippen LogP contribution in [0, 0.1) is 0 Å². The Labute approximate surface area is 373 Å². The zero-order chi connectivity index (χ0) is 43.8. The molecule has 0 aliphatic heterocycles. The molecule has 0 aromatic carbocycles. The van der Waals surface area contributed by atoms with E-state index in [1.807, 2.05) is 0 Å². The molecule has 60 heavy (non-hydrogen) atoms. The first kappa shape index (κ1) is 58.3. The summed E-state index contributed by atoms with van der Waals surface area (Å²) >= 11 is 0. The molecule has 6 heteroatoms. The molecule has 0 heterocycles. The molecular formula is C54H103NO5. The van der Waals surface area contributed by atoms with Crippen LogP contribution in [0.4, 0.5) is 0 Å². The number of aliphatic hydroxyl groups is 2. The maximum atomic E-state index is 13.2. The van der Waals surface area contributed by atoms with Gasteiger partial charge in [0, 0.05) is 6.42 Å². The van der Waals surface area contributed by atoms with Crippen LogP contribution in [-0.2, 0) is 14.3 Å². The van der Waals surface area contributed by atoms with Crippen LogP contribution in [0.1, 0.15) is 284 Å². The van der Waals surface area contributed by atoms with E-state index >= 15 is 0 Å². The first-order valence-corrected chi connectivity index (χ1v) is 26.6. The van der Waals surface area contributed by atoms with E-state index in [1.54, 1.807) is 0 Å². The largest absolute Gasteiger partial charge is 0.462 e. The van der Waals surface area contributed by atoms with Gasteiger partial charge in [0.05, 0.1) is 25.2 Å². The second kappa shape index (κ2) is 48.4. The number of nitrogens with one attached hydrogen (secondary N) is 1. The second-order valence-electron chi connectivity index (χ2n) is 18.3. The number of esters is 1. The summed E-state index contributed by atoms with van der Waals surface area (Å²) in [5.74, 6) is -0.482. The minimum Gasteiger partial charge on any atom is -0.462 e. The molecule has 0 saturated carbocycles. The summed E-state index contributed by atoms with van der Waals surface area (Å²) in [7, 11) is 0. The number of allylic oxidation sites excluding steroid dienone is 4. The smallest absolute Gasteiger partial charge is 0.306 e. The average molecular weight is 846 g/mol. The van der Waals surface area contributed by atoms with Gasteiger partial charge in [-0.15, -0.1) is 0 Å². The van der Waals surface area contributed by atoms with Crippen molar-refractivity contribution in [3.63, 3.8) is 0 Å². The quantitative estimate of drug-likeness (QED) is 0.0322. The number of hydrogen-bond donors (Lipinski definition) is 3. The van der Waals surface area contributed by atoms with Crippen LogP contribution in [0.25, 0.3) is 0 Å². The van der Waals surface area contributed by atoms with Crippen LogP contribution < -0.4 is 5.32 Å². The fourth-order valence-corrected chi connectivity index (χ4v) is 8.17. The first-order chi connectivity index (χ1) is 29.5. The van der Waals surface area contributed by atoms with Gasteiger partial charge in [-0.05, 0) is 70.6 Å². The topological polar surface area (TPSA) is 95.9 Å². The number of carbonyl (C=O) groups excluding carboxylic acids is 2. The molecule has 6 nitrogen and oxygen atoms in total. The summed E-state index contributed by atoms with van der Waals surface area (Å²) < 4.78 is 5.92. The van der Waals surface area contributed by atoms with Crippen LogP contribution in [0.3, 0.4) is 0 Å². The number of ether oxygens (including phenoxy) is 1. The first-order valence-electron chi connectivity index (χ1n) is 26.6. The molecule has 0 aliphatic carbocycles. The predicted octanol–water partition coefficient (Wildman–Crippen LogP) is 15.9. The molecule has 0 aromatic rings. The van der Waals surface area contributed by atoms with Crippen molar-refractivity contribution in [2.24, 2.45) is 0 Å². The van der Waals surface area contributed by atoms with Crippen LogP contribution in [0.2, 0.25) is 0 Å². The SMILES string of the molecule is CCCC/C=C\CCCCCC(CC(=O)NC(CO)C(O)CCCCCCCCCCCCCCC)OC(=O)CCCCCCCCCCC/C=C/CCCCCCCC. The van der Waals surface area contributed by atoms with Gasteiger partial charge >= 0.3 is 5.97 Å². The van der Waals surface area contributed by atoms with E-state index in [0.29, 0.717) is 19.3 Å². The molecule has 3 unspecified atom stereocenters. The number of unbranched alkanes of at least 4 members (excludes halogenated alkanes) is 32. The van der Waals surface area contributed by atoms with Crippen LogP contribution in [-0.4, -0.2) is 46.9 Å². The Morgan fingerprint density at radius 2 is 0.817 bits per heavy atom. The number of rotatable bonds is 48. The van der Waals surface area contributed by atoms with Crippen molar-refractivity contribution in [3.8, 4) is 0 Å². The Morgan fingerprint density at radius 3 is 1.25 bits per heavy atom. The highest BCUT2D eigenvalue weighted by molar-refractivity contribution is 5.77. The molecule has 1 amide bonds. The van der Waals surface area contributed by atoms with Crippen molar-refractivity contribution >= 4 is 11.9 Å². The lowest BCUT2D eigenvalue weighted by Gasteiger charge is -2.24. The molecule has 0 spiro atoms. The highest BCUT2D eigenvalue weighted by Crippen LogP contribution is 2.18. The summed E-state index contributed by atoms with van der Waals surface area (Å²) in [5.41, 5.74) is 0. The van der Waals surface area contributed by atoms with E-state index in [9.17, 15) is 19.8 Å². The third kappa shape index (κ3) is 43.0. The summed E-state index contributed by atoms with van der Waals surface area (Å²) in [6.07, 6.45) is 55.3. The van der Waals surface area contributed by atoms with E-state index < -0.39 is 18.2 Å². The summed E-state index contributed by atoms with van der Waals surface area (Å²) in [4.78, 5) is 26.1. The van der Waals surface area contributed by atoms with Crippen molar-refractivity contribution in [1.82, 2.24) is 5.32 Å². The van der Waals surface area contributed by atoms with E-state index in [4.69, 9.17) is 4.74 Å². The highest BCUT2D eigenvalue weighted by Gasteiger charge is 2.24. The van der Waals surface area contributed by atoms with E-state index in [0.717, 1.165) is 64.2 Å². The Bertz CT molecular complexity index is 950. The molecule has 0 fully saturated rings. The Balaban J connectivity index is 4.40. The lowest BCUT2D eigenvalue weighted by Crippen LogP contribution is -2.46. The van der Waals surface area contributed by atoms with Gasteiger partial charge < -0.3 is 20.3 Å². The molecule has 3 atom stereocenters. The minimum atomic E-state index is -0.787. The van der Waals surface area contributed by atoms with E-state index in [2.05, 4.69) is 50.4 Å². The van der Waals surface area contributed by atoms with Crippen LogP contribution >= 0.6 is 0 Å². The van der Waals surface area contributed by atoms with Gasteiger partial charge in [-0.3, -0.25) is 9.59 Å². The van der Waals surface area contributed by atoms with E-state index in [-0.39, 0.29) is 24.9 Å². The third-order valence-electron chi connectivity index (χ3n) is 12.3. The predicted molar refractivity (Wildman–Crippen MR) is 260 cm³/mol. The Kier molecular flexibility index (Phi) is 47.0. The lowest BCUT2D eigenvalue weighted by atomic mass is 10.0. The van der Waals surface area contributed by atoms with Gasteiger partial charge in [-0.2, -0.15) is 0 Å². The van der Waals surface area contributed by atoms with Gasteiger partial charge in [-0.1, -0.05) is 225 Å². The zero-order valence-electron chi connectivity index (χ0n) is 40.4. The van der Waals surface area contributed by atoms with Crippen molar-refractivity contribution in [2.45, 2.75) is 302 Å². The summed E-state index contributed by atoms with van der Waals surface area (Å²) in [5, 5.41) is 23.7. The molecule has 0 rings (SSSR count). The fraction of sp³-hybridized carbons (Fsp3) is 0.889. The molecular weight excluding hydrogens is 743 g/mol. The molecule has 0 bridgehead atoms. The zero-order valence-corrected chi connectivity index (χ0v) is 40.4. The minimum absolute atomic E-state index is 0.0695. The van der Waals surface area contributed by atoms with Gasteiger partial charge in [0.1, 0.15) is 6.10 Å². The molecule has 0 aliphatic rings. The van der Waals surface area contributed by atoms with Crippen molar-refractivity contribution in [1.29, 1.82) is 0 Å². The molecule has 0 radical (unpaired) electrons. The number of amides is 1.